The number of nitriles is 1. The Labute approximate surface area is 96.7 Å². The highest BCUT2D eigenvalue weighted by molar-refractivity contribution is 5.62. The van der Waals surface area contributed by atoms with Gasteiger partial charge in [-0.05, 0) is 38.3 Å². The second-order valence-electron chi connectivity index (χ2n) is 4.02. The number of hydrogen-bond donors (Lipinski definition) is 2. The van der Waals surface area contributed by atoms with Gasteiger partial charge in [0.25, 0.3) is 0 Å². The van der Waals surface area contributed by atoms with Crippen molar-refractivity contribution in [3.05, 3.63) is 29.3 Å². The lowest BCUT2D eigenvalue weighted by Crippen LogP contribution is -2.17. The summed E-state index contributed by atoms with van der Waals surface area (Å²) >= 11 is 0. The van der Waals surface area contributed by atoms with Crippen LogP contribution in [-0.2, 0) is 0 Å². The Balaban J connectivity index is 2.76. The number of rotatable bonds is 5. The number of hydrogen-bond acceptors (Lipinski definition) is 3. The van der Waals surface area contributed by atoms with Gasteiger partial charge in [-0.1, -0.05) is 12.1 Å². The Morgan fingerprint density at radius 1 is 1.50 bits per heavy atom. The van der Waals surface area contributed by atoms with Crippen LogP contribution in [0.15, 0.2) is 18.2 Å². The summed E-state index contributed by atoms with van der Waals surface area (Å²) in [4.78, 5) is 0. The number of nitrogens with one attached hydrogen (secondary N) is 1. The summed E-state index contributed by atoms with van der Waals surface area (Å²) in [7, 11) is 0. The first-order valence-corrected chi connectivity index (χ1v) is 5.56. The van der Waals surface area contributed by atoms with Crippen molar-refractivity contribution in [1.82, 2.24) is 0 Å². The van der Waals surface area contributed by atoms with Crippen LogP contribution in [0.2, 0.25) is 0 Å². The van der Waals surface area contributed by atoms with Crippen LogP contribution in [0, 0.1) is 18.3 Å². The molecule has 1 unspecified atom stereocenters. The van der Waals surface area contributed by atoms with Crippen molar-refractivity contribution in [2.45, 2.75) is 32.7 Å². The molecule has 0 aliphatic carbocycles. The maximum absolute atomic E-state index is 9.00. The predicted molar refractivity (Wildman–Crippen MR) is 65.3 cm³/mol. The molecule has 0 radical (unpaired) electrons. The third-order valence-corrected chi connectivity index (χ3v) is 2.58. The Bertz CT molecular complexity index is 382. The summed E-state index contributed by atoms with van der Waals surface area (Å²) in [6.07, 6.45) is 1.68. The van der Waals surface area contributed by atoms with Gasteiger partial charge in [-0.25, -0.2) is 0 Å². The SMILES string of the molecule is Cc1cccc(C#N)c1NC(C)CCCO. The molecule has 1 atom stereocenters. The first kappa shape index (κ1) is 12.5. The molecule has 0 bridgehead atoms. The largest absolute Gasteiger partial charge is 0.396 e. The quantitative estimate of drug-likeness (QED) is 0.798. The monoisotopic (exact) mass is 218 g/mol. The number of aliphatic hydroxyl groups excluding tert-OH is 1. The minimum atomic E-state index is 0.213. The molecular formula is C13H18N2O. The summed E-state index contributed by atoms with van der Waals surface area (Å²) < 4.78 is 0. The number of nitrogens with zero attached hydrogens (tertiary/aromatic N) is 1. The van der Waals surface area contributed by atoms with Gasteiger partial charge in [0.1, 0.15) is 6.07 Å². The minimum Gasteiger partial charge on any atom is -0.396 e. The lowest BCUT2D eigenvalue weighted by molar-refractivity contribution is 0.282. The summed E-state index contributed by atoms with van der Waals surface area (Å²) in [5, 5.41) is 21.1. The zero-order valence-electron chi connectivity index (χ0n) is 9.83. The van der Waals surface area contributed by atoms with Crippen LogP contribution < -0.4 is 5.32 Å². The molecule has 1 aromatic carbocycles. The predicted octanol–water partition coefficient (Wildman–Crippen LogP) is 2.44. The standard InChI is InChI=1S/C13H18N2O/c1-10-5-3-7-12(9-14)13(10)15-11(2)6-4-8-16/h3,5,7,11,15-16H,4,6,8H2,1-2H3. The average molecular weight is 218 g/mol. The maximum Gasteiger partial charge on any atom is 0.101 e. The molecule has 3 heteroatoms. The maximum atomic E-state index is 9.00. The molecule has 0 amide bonds. The van der Waals surface area contributed by atoms with E-state index in [0.717, 1.165) is 24.1 Å². The molecule has 0 aliphatic heterocycles. The van der Waals surface area contributed by atoms with E-state index >= 15 is 0 Å². The topological polar surface area (TPSA) is 56.0 Å². The highest BCUT2D eigenvalue weighted by atomic mass is 16.2. The average Bonchev–Trinajstić information content (AvgIpc) is 2.29. The molecule has 1 aromatic rings. The molecule has 2 N–H and O–H groups in total. The van der Waals surface area contributed by atoms with Gasteiger partial charge in [-0.2, -0.15) is 5.26 Å². The van der Waals surface area contributed by atoms with Crippen molar-refractivity contribution in [2.24, 2.45) is 0 Å². The summed E-state index contributed by atoms with van der Waals surface area (Å²) in [5.74, 6) is 0. The summed E-state index contributed by atoms with van der Waals surface area (Å²) in [5.41, 5.74) is 2.67. The van der Waals surface area contributed by atoms with Crippen LogP contribution in [0.3, 0.4) is 0 Å². The molecular weight excluding hydrogens is 200 g/mol. The Kier molecular flexibility index (Phi) is 4.81. The fraction of sp³-hybridized carbons (Fsp3) is 0.462. The number of anilines is 1. The number of aryl methyl sites for hydroxylation is 1. The molecule has 0 saturated carbocycles. The number of benzene rings is 1. The highest BCUT2D eigenvalue weighted by Gasteiger charge is 2.08. The van der Waals surface area contributed by atoms with Gasteiger partial charge in [0.05, 0.1) is 11.3 Å². The zero-order valence-corrected chi connectivity index (χ0v) is 9.83. The summed E-state index contributed by atoms with van der Waals surface area (Å²) in [6.45, 7) is 4.26. The van der Waals surface area contributed by atoms with Crippen molar-refractivity contribution >= 4 is 5.69 Å². The van der Waals surface area contributed by atoms with Gasteiger partial charge in [0.15, 0.2) is 0 Å². The van der Waals surface area contributed by atoms with E-state index in [1.165, 1.54) is 0 Å². The third-order valence-electron chi connectivity index (χ3n) is 2.58. The highest BCUT2D eigenvalue weighted by Crippen LogP contribution is 2.21. The van der Waals surface area contributed by atoms with Gasteiger partial charge in [-0.3, -0.25) is 0 Å². The molecule has 0 aromatic heterocycles. The van der Waals surface area contributed by atoms with Gasteiger partial charge >= 0.3 is 0 Å². The van der Waals surface area contributed by atoms with E-state index in [9.17, 15) is 0 Å². The molecule has 86 valence electrons. The molecule has 0 fully saturated rings. The summed E-state index contributed by atoms with van der Waals surface area (Å²) in [6, 6.07) is 8.14. The second-order valence-corrected chi connectivity index (χ2v) is 4.02. The van der Waals surface area contributed by atoms with E-state index in [1.54, 1.807) is 0 Å². The van der Waals surface area contributed by atoms with Crippen molar-refractivity contribution in [1.29, 1.82) is 5.26 Å². The Morgan fingerprint density at radius 2 is 2.25 bits per heavy atom. The van der Waals surface area contributed by atoms with E-state index in [-0.39, 0.29) is 12.6 Å². The lowest BCUT2D eigenvalue weighted by atomic mass is 10.1. The van der Waals surface area contributed by atoms with Crippen LogP contribution >= 0.6 is 0 Å². The fourth-order valence-corrected chi connectivity index (χ4v) is 1.67. The van der Waals surface area contributed by atoms with Crippen LogP contribution in [0.5, 0.6) is 0 Å². The molecule has 16 heavy (non-hydrogen) atoms. The van der Waals surface area contributed by atoms with E-state index in [0.29, 0.717) is 5.56 Å². The van der Waals surface area contributed by atoms with Gasteiger partial charge in [0, 0.05) is 12.6 Å². The Morgan fingerprint density at radius 3 is 2.88 bits per heavy atom. The fourth-order valence-electron chi connectivity index (χ4n) is 1.67. The van der Waals surface area contributed by atoms with Crippen molar-refractivity contribution in [3.8, 4) is 6.07 Å². The minimum absolute atomic E-state index is 0.213. The number of aliphatic hydroxyl groups is 1. The van der Waals surface area contributed by atoms with E-state index in [1.807, 2.05) is 25.1 Å². The van der Waals surface area contributed by atoms with Gasteiger partial charge in [-0.15, -0.1) is 0 Å². The van der Waals surface area contributed by atoms with Crippen molar-refractivity contribution < 1.29 is 5.11 Å². The molecule has 0 heterocycles. The van der Waals surface area contributed by atoms with Crippen molar-refractivity contribution in [2.75, 3.05) is 11.9 Å². The Hall–Kier alpha value is -1.53. The van der Waals surface area contributed by atoms with Crippen LogP contribution in [0.4, 0.5) is 5.69 Å². The van der Waals surface area contributed by atoms with Gasteiger partial charge < -0.3 is 10.4 Å². The normalized spacial score (nSPS) is 11.9. The van der Waals surface area contributed by atoms with E-state index in [4.69, 9.17) is 10.4 Å². The second kappa shape index (κ2) is 6.14. The van der Waals surface area contributed by atoms with Crippen molar-refractivity contribution in [3.63, 3.8) is 0 Å². The third kappa shape index (κ3) is 3.25. The van der Waals surface area contributed by atoms with E-state index in [2.05, 4.69) is 18.3 Å². The number of para-hydroxylation sites is 1. The molecule has 1 rings (SSSR count). The molecule has 0 spiro atoms. The first-order valence-electron chi connectivity index (χ1n) is 5.56. The van der Waals surface area contributed by atoms with E-state index < -0.39 is 0 Å². The van der Waals surface area contributed by atoms with Gasteiger partial charge in [0.2, 0.25) is 0 Å². The van der Waals surface area contributed by atoms with Crippen LogP contribution in [0.1, 0.15) is 30.9 Å². The van der Waals surface area contributed by atoms with Crippen LogP contribution in [-0.4, -0.2) is 17.8 Å². The zero-order chi connectivity index (χ0) is 12.0. The van der Waals surface area contributed by atoms with Crippen LogP contribution in [0.25, 0.3) is 0 Å². The molecule has 3 nitrogen and oxygen atoms in total. The molecule has 0 aliphatic rings. The smallest absolute Gasteiger partial charge is 0.101 e. The lowest BCUT2D eigenvalue weighted by Gasteiger charge is -2.17. The first-order chi connectivity index (χ1) is 7.69. The molecule has 0 saturated heterocycles.